The Morgan fingerprint density at radius 1 is 1.46 bits per heavy atom. The number of hydrogen-bond acceptors (Lipinski definition) is 1. The Balaban J connectivity index is 2.56. The van der Waals surface area contributed by atoms with Crippen LogP contribution in [0.4, 0.5) is 4.39 Å². The van der Waals surface area contributed by atoms with Gasteiger partial charge in [0, 0.05) is 16.6 Å². The molecule has 0 spiro atoms. The Morgan fingerprint density at radius 2 is 2.23 bits per heavy atom. The highest BCUT2D eigenvalue weighted by Crippen LogP contribution is 2.14. The van der Waals surface area contributed by atoms with Crippen LogP contribution < -0.4 is 5.32 Å². The van der Waals surface area contributed by atoms with Crippen molar-refractivity contribution in [3.8, 4) is 0 Å². The molecule has 0 radical (unpaired) electrons. The fraction of sp³-hybridized carbons (Fsp3) is 0.400. The van der Waals surface area contributed by atoms with Gasteiger partial charge in [-0.25, -0.2) is 4.39 Å². The lowest BCUT2D eigenvalue weighted by Gasteiger charge is -2.04. The zero-order valence-electron chi connectivity index (χ0n) is 7.61. The number of hydrogen-bond donors (Lipinski definition) is 1. The zero-order valence-corrected chi connectivity index (χ0v) is 9.20. The van der Waals surface area contributed by atoms with Crippen LogP contribution in [0.2, 0.25) is 0 Å². The summed E-state index contributed by atoms with van der Waals surface area (Å²) in [6, 6.07) is 5.14. The molecule has 1 N–H and O–H groups in total. The lowest BCUT2D eigenvalue weighted by Crippen LogP contribution is -2.14. The maximum atomic E-state index is 13.2. The molecule has 3 heteroatoms. The van der Waals surface area contributed by atoms with E-state index in [-0.39, 0.29) is 5.82 Å². The van der Waals surface area contributed by atoms with Crippen LogP contribution >= 0.6 is 15.9 Å². The van der Waals surface area contributed by atoms with E-state index >= 15 is 0 Å². The van der Waals surface area contributed by atoms with E-state index in [9.17, 15) is 4.39 Å². The third-order valence-electron chi connectivity index (χ3n) is 1.76. The van der Waals surface area contributed by atoms with Crippen LogP contribution in [0.1, 0.15) is 18.9 Å². The first kappa shape index (κ1) is 10.7. The molecule has 0 saturated heterocycles. The molecule has 0 aliphatic rings. The van der Waals surface area contributed by atoms with E-state index in [1.165, 1.54) is 6.07 Å². The molecule has 1 aromatic rings. The molecule has 0 aliphatic heterocycles. The first-order valence-corrected chi connectivity index (χ1v) is 5.18. The van der Waals surface area contributed by atoms with Crippen molar-refractivity contribution in [3.63, 3.8) is 0 Å². The maximum Gasteiger partial charge on any atom is 0.128 e. The number of nitrogens with one attached hydrogen (secondary N) is 1. The van der Waals surface area contributed by atoms with Gasteiger partial charge in [0.1, 0.15) is 5.82 Å². The molecule has 0 heterocycles. The van der Waals surface area contributed by atoms with Gasteiger partial charge in [-0.15, -0.1) is 0 Å². The van der Waals surface area contributed by atoms with E-state index in [0.29, 0.717) is 6.54 Å². The first-order valence-electron chi connectivity index (χ1n) is 4.38. The van der Waals surface area contributed by atoms with Crippen molar-refractivity contribution in [2.45, 2.75) is 19.9 Å². The Kier molecular flexibility index (Phi) is 4.39. The quantitative estimate of drug-likeness (QED) is 0.805. The molecule has 0 aliphatic carbocycles. The lowest BCUT2D eigenvalue weighted by molar-refractivity contribution is 0.586. The summed E-state index contributed by atoms with van der Waals surface area (Å²) < 4.78 is 14.0. The molecule has 1 aromatic carbocycles. The summed E-state index contributed by atoms with van der Waals surface area (Å²) in [4.78, 5) is 0. The third-order valence-corrected chi connectivity index (χ3v) is 2.25. The predicted octanol–water partition coefficient (Wildman–Crippen LogP) is 3.09. The molecular formula is C10H13BrFN. The maximum absolute atomic E-state index is 13.2. The van der Waals surface area contributed by atoms with E-state index in [1.54, 1.807) is 6.07 Å². The fourth-order valence-corrected chi connectivity index (χ4v) is 1.40. The van der Waals surface area contributed by atoms with E-state index in [0.717, 1.165) is 23.0 Å². The van der Waals surface area contributed by atoms with E-state index in [2.05, 4.69) is 28.2 Å². The van der Waals surface area contributed by atoms with E-state index in [1.807, 2.05) is 6.07 Å². The molecule has 0 unspecified atom stereocenters. The Morgan fingerprint density at radius 3 is 2.85 bits per heavy atom. The molecule has 13 heavy (non-hydrogen) atoms. The van der Waals surface area contributed by atoms with E-state index in [4.69, 9.17) is 0 Å². The standard InChI is InChI=1S/C10H13BrFN/c1-2-5-13-7-8-3-4-9(11)6-10(8)12/h3-4,6,13H,2,5,7H2,1H3. The number of benzene rings is 1. The van der Waals surface area contributed by atoms with Gasteiger partial charge in [-0.1, -0.05) is 28.9 Å². The van der Waals surface area contributed by atoms with Gasteiger partial charge in [-0.3, -0.25) is 0 Å². The van der Waals surface area contributed by atoms with Gasteiger partial charge < -0.3 is 5.32 Å². The second-order valence-electron chi connectivity index (χ2n) is 2.91. The molecule has 72 valence electrons. The Bertz CT molecular complexity index is 276. The predicted molar refractivity (Wildman–Crippen MR) is 56.1 cm³/mol. The monoisotopic (exact) mass is 245 g/mol. The van der Waals surface area contributed by atoms with Crippen LogP contribution in [0.25, 0.3) is 0 Å². The van der Waals surface area contributed by atoms with Crippen molar-refractivity contribution in [1.82, 2.24) is 5.32 Å². The zero-order chi connectivity index (χ0) is 9.68. The van der Waals surface area contributed by atoms with Gasteiger partial charge in [-0.05, 0) is 25.1 Å². The van der Waals surface area contributed by atoms with Crippen LogP contribution in [0.3, 0.4) is 0 Å². The molecule has 0 atom stereocenters. The summed E-state index contributed by atoms with van der Waals surface area (Å²) in [6.45, 7) is 3.62. The van der Waals surface area contributed by atoms with Crippen molar-refractivity contribution >= 4 is 15.9 Å². The Hall–Kier alpha value is -0.410. The van der Waals surface area contributed by atoms with Gasteiger partial charge in [0.2, 0.25) is 0 Å². The summed E-state index contributed by atoms with van der Waals surface area (Å²) in [5.74, 6) is -0.155. The van der Waals surface area contributed by atoms with Crippen molar-refractivity contribution in [1.29, 1.82) is 0 Å². The second-order valence-corrected chi connectivity index (χ2v) is 3.83. The minimum Gasteiger partial charge on any atom is -0.313 e. The normalized spacial score (nSPS) is 10.4. The molecule has 0 bridgehead atoms. The van der Waals surface area contributed by atoms with Crippen LogP contribution in [0.15, 0.2) is 22.7 Å². The minimum atomic E-state index is -0.155. The average molecular weight is 246 g/mol. The van der Waals surface area contributed by atoms with Crippen molar-refractivity contribution < 1.29 is 4.39 Å². The van der Waals surface area contributed by atoms with Gasteiger partial charge in [0.25, 0.3) is 0 Å². The van der Waals surface area contributed by atoms with Crippen molar-refractivity contribution in [2.75, 3.05) is 6.54 Å². The number of rotatable bonds is 4. The summed E-state index contributed by atoms with van der Waals surface area (Å²) >= 11 is 3.22. The molecule has 1 nitrogen and oxygen atoms in total. The van der Waals surface area contributed by atoms with Crippen LogP contribution in [0.5, 0.6) is 0 Å². The largest absolute Gasteiger partial charge is 0.313 e. The second kappa shape index (κ2) is 5.35. The number of halogens is 2. The van der Waals surface area contributed by atoms with Crippen LogP contribution in [-0.2, 0) is 6.54 Å². The van der Waals surface area contributed by atoms with E-state index < -0.39 is 0 Å². The van der Waals surface area contributed by atoms with Crippen molar-refractivity contribution in [3.05, 3.63) is 34.1 Å². The van der Waals surface area contributed by atoms with Gasteiger partial charge in [-0.2, -0.15) is 0 Å². The topological polar surface area (TPSA) is 12.0 Å². The third kappa shape index (κ3) is 3.44. The molecule has 0 amide bonds. The summed E-state index contributed by atoms with van der Waals surface area (Å²) in [5.41, 5.74) is 0.719. The van der Waals surface area contributed by atoms with Gasteiger partial charge in [0.15, 0.2) is 0 Å². The van der Waals surface area contributed by atoms with Gasteiger partial charge in [0.05, 0.1) is 0 Å². The van der Waals surface area contributed by atoms with Crippen LogP contribution in [0, 0.1) is 5.82 Å². The molecule has 0 saturated carbocycles. The Labute approximate surface area is 86.5 Å². The van der Waals surface area contributed by atoms with Crippen molar-refractivity contribution in [2.24, 2.45) is 0 Å². The molecule has 0 aromatic heterocycles. The smallest absolute Gasteiger partial charge is 0.128 e. The highest BCUT2D eigenvalue weighted by Gasteiger charge is 2.00. The fourth-order valence-electron chi connectivity index (χ4n) is 1.06. The molecular weight excluding hydrogens is 233 g/mol. The lowest BCUT2D eigenvalue weighted by atomic mass is 10.2. The summed E-state index contributed by atoms with van der Waals surface area (Å²) in [7, 11) is 0. The molecule has 0 fully saturated rings. The average Bonchev–Trinajstić information content (AvgIpc) is 2.09. The first-order chi connectivity index (χ1) is 6.24. The summed E-state index contributed by atoms with van der Waals surface area (Å²) in [5, 5.41) is 3.16. The summed E-state index contributed by atoms with van der Waals surface area (Å²) in [6.07, 6.45) is 1.07. The highest BCUT2D eigenvalue weighted by atomic mass is 79.9. The van der Waals surface area contributed by atoms with Crippen LogP contribution in [-0.4, -0.2) is 6.54 Å². The minimum absolute atomic E-state index is 0.155. The molecule has 1 rings (SSSR count). The van der Waals surface area contributed by atoms with Gasteiger partial charge >= 0.3 is 0 Å². The SMILES string of the molecule is CCCNCc1ccc(Br)cc1F. The highest BCUT2D eigenvalue weighted by molar-refractivity contribution is 9.10.